The van der Waals surface area contributed by atoms with Crippen LogP contribution in [0.15, 0.2) is 88.7 Å². The smallest absolute Gasteiger partial charge is 0.175 e. The molecule has 126 valence electrons. The van der Waals surface area contributed by atoms with Gasteiger partial charge >= 0.3 is 0 Å². The van der Waals surface area contributed by atoms with Gasteiger partial charge in [0, 0.05) is 21.5 Å². The number of rotatable bonds is 5. The molecule has 0 atom stereocenters. The summed E-state index contributed by atoms with van der Waals surface area (Å²) in [7, 11) is 1.65. The third-order valence-electron chi connectivity index (χ3n) is 3.43. The normalized spacial score (nSPS) is 10.1. The molecule has 0 heterocycles. The average molecular weight is 367 g/mol. The summed E-state index contributed by atoms with van der Waals surface area (Å²) < 4.78 is 5.23. The zero-order valence-electron chi connectivity index (χ0n) is 13.7. The quantitative estimate of drug-likeness (QED) is 0.570. The summed E-state index contributed by atoms with van der Waals surface area (Å²) in [5.41, 5.74) is 1.85. The highest BCUT2D eigenvalue weighted by Gasteiger charge is 2.06. The summed E-state index contributed by atoms with van der Waals surface area (Å²) >= 11 is 7.15. The second-order valence-electron chi connectivity index (χ2n) is 5.22. The van der Waals surface area contributed by atoms with Gasteiger partial charge in [-0.05, 0) is 48.6 Å². The van der Waals surface area contributed by atoms with Gasteiger partial charge in [0.2, 0.25) is 0 Å². The van der Waals surface area contributed by atoms with E-state index in [4.69, 9.17) is 17.0 Å². The second kappa shape index (κ2) is 8.55. The van der Waals surface area contributed by atoms with Crippen molar-refractivity contribution in [2.45, 2.75) is 9.79 Å². The van der Waals surface area contributed by atoms with Crippen molar-refractivity contribution in [3.63, 3.8) is 0 Å². The summed E-state index contributed by atoms with van der Waals surface area (Å²) in [5, 5.41) is 7.00. The second-order valence-corrected chi connectivity index (χ2v) is 6.75. The van der Waals surface area contributed by atoms with E-state index in [0.717, 1.165) is 22.0 Å². The molecule has 0 radical (unpaired) electrons. The summed E-state index contributed by atoms with van der Waals surface area (Å²) in [6.45, 7) is 0. The van der Waals surface area contributed by atoms with Crippen molar-refractivity contribution in [1.82, 2.24) is 0 Å². The van der Waals surface area contributed by atoms with Crippen molar-refractivity contribution in [3.8, 4) is 5.75 Å². The van der Waals surface area contributed by atoms with Crippen LogP contribution in [0.25, 0.3) is 0 Å². The lowest BCUT2D eigenvalue weighted by Crippen LogP contribution is -2.19. The van der Waals surface area contributed by atoms with Crippen LogP contribution in [-0.4, -0.2) is 12.2 Å². The van der Waals surface area contributed by atoms with Crippen LogP contribution in [0.2, 0.25) is 0 Å². The lowest BCUT2D eigenvalue weighted by Gasteiger charge is -2.14. The first-order chi connectivity index (χ1) is 12.2. The maximum Gasteiger partial charge on any atom is 0.175 e. The van der Waals surface area contributed by atoms with Crippen LogP contribution in [0, 0.1) is 0 Å². The van der Waals surface area contributed by atoms with Crippen molar-refractivity contribution in [3.05, 3.63) is 78.9 Å². The Kier molecular flexibility index (Phi) is 5.93. The molecule has 3 nitrogen and oxygen atoms in total. The van der Waals surface area contributed by atoms with Gasteiger partial charge in [-0.2, -0.15) is 0 Å². The largest absolute Gasteiger partial charge is 0.497 e. The summed E-state index contributed by atoms with van der Waals surface area (Å²) in [4.78, 5) is 2.30. The molecule has 3 aromatic carbocycles. The van der Waals surface area contributed by atoms with Crippen LogP contribution in [0.3, 0.4) is 0 Å². The van der Waals surface area contributed by atoms with Crippen molar-refractivity contribution in [2.75, 3.05) is 17.7 Å². The van der Waals surface area contributed by atoms with E-state index >= 15 is 0 Å². The fraction of sp³-hybridized carbons (Fsp3) is 0.0500. The van der Waals surface area contributed by atoms with Crippen LogP contribution < -0.4 is 15.4 Å². The SMILES string of the molecule is COc1cccc(NC(=S)Nc2ccccc2Sc2ccccc2)c1. The highest BCUT2D eigenvalue weighted by Crippen LogP contribution is 2.33. The van der Waals surface area contributed by atoms with Crippen LogP contribution in [-0.2, 0) is 0 Å². The fourth-order valence-corrected chi connectivity index (χ4v) is 3.41. The lowest BCUT2D eigenvalue weighted by atomic mass is 10.3. The number of hydrogen-bond donors (Lipinski definition) is 2. The molecule has 2 N–H and O–H groups in total. The summed E-state index contributed by atoms with van der Waals surface area (Å²) in [6, 6.07) is 26.0. The molecule has 0 spiro atoms. The minimum absolute atomic E-state index is 0.536. The molecule has 3 aromatic rings. The average Bonchev–Trinajstić information content (AvgIpc) is 2.64. The molecule has 3 rings (SSSR count). The maximum absolute atomic E-state index is 5.45. The minimum Gasteiger partial charge on any atom is -0.497 e. The van der Waals surface area contributed by atoms with Crippen molar-refractivity contribution in [2.24, 2.45) is 0 Å². The van der Waals surface area contributed by atoms with E-state index in [1.54, 1.807) is 18.9 Å². The summed E-state index contributed by atoms with van der Waals surface area (Å²) in [5.74, 6) is 0.785. The fourth-order valence-electron chi connectivity index (χ4n) is 2.26. The van der Waals surface area contributed by atoms with Gasteiger partial charge < -0.3 is 15.4 Å². The molecule has 0 fully saturated rings. The number of para-hydroxylation sites is 1. The Morgan fingerprint density at radius 1 is 0.880 bits per heavy atom. The number of nitrogens with one attached hydrogen (secondary N) is 2. The van der Waals surface area contributed by atoms with E-state index in [-0.39, 0.29) is 0 Å². The van der Waals surface area contributed by atoms with Crippen LogP contribution in [0.5, 0.6) is 5.75 Å². The van der Waals surface area contributed by atoms with Crippen molar-refractivity contribution >= 4 is 40.5 Å². The number of benzene rings is 3. The highest BCUT2D eigenvalue weighted by atomic mass is 32.2. The first kappa shape index (κ1) is 17.3. The summed E-state index contributed by atoms with van der Waals surface area (Å²) in [6.07, 6.45) is 0. The predicted octanol–water partition coefficient (Wildman–Crippen LogP) is 5.66. The Labute approximate surface area is 157 Å². The Balaban J connectivity index is 1.71. The molecule has 0 bridgehead atoms. The number of methoxy groups -OCH3 is 1. The molecule has 25 heavy (non-hydrogen) atoms. The Hall–Kier alpha value is -2.50. The van der Waals surface area contributed by atoms with Crippen LogP contribution >= 0.6 is 24.0 Å². The van der Waals surface area contributed by atoms with Gasteiger partial charge in [-0.25, -0.2) is 0 Å². The molecule has 0 aliphatic rings. The van der Waals surface area contributed by atoms with Gasteiger partial charge in [0.05, 0.1) is 12.8 Å². The molecule has 0 aliphatic carbocycles. The minimum atomic E-state index is 0.536. The van der Waals surface area contributed by atoms with Gasteiger partial charge in [-0.1, -0.05) is 48.2 Å². The van der Waals surface area contributed by atoms with E-state index < -0.39 is 0 Å². The number of thiocarbonyl (C=S) groups is 1. The maximum atomic E-state index is 5.45. The van der Waals surface area contributed by atoms with Gasteiger partial charge in [0.1, 0.15) is 5.75 Å². The number of hydrogen-bond acceptors (Lipinski definition) is 3. The van der Waals surface area contributed by atoms with E-state index in [2.05, 4.69) is 28.8 Å². The molecule has 0 saturated carbocycles. The molecule has 0 saturated heterocycles. The van der Waals surface area contributed by atoms with Gasteiger partial charge in [-0.15, -0.1) is 0 Å². The third kappa shape index (κ3) is 4.98. The number of ether oxygens (including phenoxy) is 1. The zero-order valence-corrected chi connectivity index (χ0v) is 15.4. The molecule has 0 amide bonds. The van der Waals surface area contributed by atoms with Gasteiger partial charge in [0.15, 0.2) is 5.11 Å². The van der Waals surface area contributed by atoms with E-state index in [9.17, 15) is 0 Å². The lowest BCUT2D eigenvalue weighted by molar-refractivity contribution is 0.415. The highest BCUT2D eigenvalue weighted by molar-refractivity contribution is 7.99. The van der Waals surface area contributed by atoms with Gasteiger partial charge in [-0.3, -0.25) is 0 Å². The van der Waals surface area contributed by atoms with E-state index in [0.29, 0.717) is 5.11 Å². The molecule has 0 aromatic heterocycles. The third-order valence-corrected chi connectivity index (χ3v) is 4.72. The topological polar surface area (TPSA) is 33.3 Å². The van der Waals surface area contributed by atoms with Crippen molar-refractivity contribution in [1.29, 1.82) is 0 Å². The van der Waals surface area contributed by atoms with Gasteiger partial charge in [0.25, 0.3) is 0 Å². The molecule has 0 aliphatic heterocycles. The van der Waals surface area contributed by atoms with Crippen LogP contribution in [0.1, 0.15) is 0 Å². The Morgan fingerprint density at radius 2 is 1.64 bits per heavy atom. The van der Waals surface area contributed by atoms with Crippen LogP contribution in [0.4, 0.5) is 11.4 Å². The first-order valence-electron chi connectivity index (χ1n) is 7.78. The van der Waals surface area contributed by atoms with E-state index in [1.807, 2.05) is 60.7 Å². The van der Waals surface area contributed by atoms with E-state index in [1.165, 1.54) is 4.90 Å². The molecular formula is C20H18N2OS2. The van der Waals surface area contributed by atoms with Crippen molar-refractivity contribution < 1.29 is 4.74 Å². The Morgan fingerprint density at radius 3 is 2.44 bits per heavy atom. The zero-order chi connectivity index (χ0) is 17.5. The molecule has 0 unspecified atom stereocenters. The Bertz CT molecular complexity index is 853. The number of anilines is 2. The predicted molar refractivity (Wildman–Crippen MR) is 110 cm³/mol. The first-order valence-corrected chi connectivity index (χ1v) is 9.01. The standard InChI is InChI=1S/C20H18N2OS2/c1-23-16-9-7-8-15(14-16)21-20(24)22-18-12-5-6-13-19(18)25-17-10-3-2-4-11-17/h2-14H,1H3,(H2,21,22,24). The molecular weight excluding hydrogens is 348 g/mol. The molecule has 5 heteroatoms. The monoisotopic (exact) mass is 366 g/mol.